The van der Waals surface area contributed by atoms with Crippen molar-refractivity contribution < 1.29 is 18.7 Å². The summed E-state index contributed by atoms with van der Waals surface area (Å²) in [6.45, 7) is 4.24. The number of halogens is 4. The van der Waals surface area contributed by atoms with Gasteiger partial charge >= 0.3 is 5.97 Å². The van der Waals surface area contributed by atoms with Crippen molar-refractivity contribution in [3.63, 3.8) is 0 Å². The van der Waals surface area contributed by atoms with E-state index in [1.807, 2.05) is 13.8 Å². The van der Waals surface area contributed by atoms with Gasteiger partial charge in [0, 0.05) is 30.6 Å². The van der Waals surface area contributed by atoms with Crippen LogP contribution in [-0.2, 0) is 11.2 Å². The highest BCUT2D eigenvalue weighted by molar-refractivity contribution is 9.10. The first-order valence-electron chi connectivity index (χ1n) is 9.38. The first kappa shape index (κ1) is 22.1. The minimum Gasteiger partial charge on any atom is -0.481 e. The lowest BCUT2D eigenvalue weighted by Crippen LogP contribution is -2.51. The van der Waals surface area contributed by atoms with Crippen LogP contribution in [0.1, 0.15) is 44.0 Å². The van der Waals surface area contributed by atoms with Gasteiger partial charge in [-0.1, -0.05) is 23.7 Å². The number of carboxylic acid groups (broad SMARTS) is 1. The van der Waals surface area contributed by atoms with Crippen LogP contribution >= 0.6 is 27.5 Å². The second-order valence-electron chi connectivity index (χ2n) is 7.68. The Labute approximate surface area is 182 Å². The topological polar surface area (TPSA) is 53.4 Å². The van der Waals surface area contributed by atoms with Crippen LogP contribution in [0.5, 0.6) is 0 Å². The maximum atomic E-state index is 14.5. The molecule has 1 aromatic carbocycles. The molecule has 156 valence electrons. The van der Waals surface area contributed by atoms with Crippen LogP contribution in [0.4, 0.5) is 8.78 Å². The fraction of sp³-hybridized carbons (Fsp3) is 0.429. The number of nitrogens with zero attached hydrogens (tertiary/aromatic N) is 2. The molecule has 0 aliphatic carbocycles. The molecule has 8 heteroatoms. The van der Waals surface area contributed by atoms with E-state index >= 15 is 0 Å². The number of likely N-dealkylation sites (tertiary alicyclic amines) is 1. The van der Waals surface area contributed by atoms with E-state index in [0.29, 0.717) is 29.6 Å². The molecule has 29 heavy (non-hydrogen) atoms. The van der Waals surface area contributed by atoms with Crippen LogP contribution in [0, 0.1) is 17.0 Å². The Balaban J connectivity index is 1.84. The molecule has 0 saturated carbocycles. The van der Waals surface area contributed by atoms with Crippen molar-refractivity contribution in [3.05, 3.63) is 62.8 Å². The highest BCUT2D eigenvalue weighted by Crippen LogP contribution is 2.42. The second-order valence-corrected chi connectivity index (χ2v) is 8.90. The third kappa shape index (κ3) is 4.47. The molecular formula is C21H22BrClF2N2O2. The molecule has 0 bridgehead atoms. The Morgan fingerprint density at radius 1 is 1.41 bits per heavy atom. The Morgan fingerprint density at radius 2 is 2.14 bits per heavy atom. The van der Waals surface area contributed by atoms with Gasteiger partial charge < -0.3 is 5.11 Å². The highest BCUT2D eigenvalue weighted by atomic mass is 79.9. The molecule has 1 saturated heterocycles. The van der Waals surface area contributed by atoms with Crippen molar-refractivity contribution in [3.8, 4) is 0 Å². The third-order valence-corrected chi connectivity index (χ3v) is 6.61. The predicted molar refractivity (Wildman–Crippen MR) is 111 cm³/mol. The number of aromatic nitrogens is 1. The van der Waals surface area contributed by atoms with E-state index in [1.54, 1.807) is 12.1 Å². The van der Waals surface area contributed by atoms with Crippen molar-refractivity contribution in [2.24, 2.45) is 5.41 Å². The average molecular weight is 488 g/mol. The molecule has 2 heterocycles. The van der Waals surface area contributed by atoms with Crippen molar-refractivity contribution in [1.29, 1.82) is 0 Å². The smallest absolute Gasteiger partial charge is 0.310 e. The van der Waals surface area contributed by atoms with E-state index in [1.165, 1.54) is 18.2 Å². The van der Waals surface area contributed by atoms with Gasteiger partial charge in [0.05, 0.1) is 16.1 Å². The summed E-state index contributed by atoms with van der Waals surface area (Å²) < 4.78 is 29.2. The first-order valence-corrected chi connectivity index (χ1v) is 10.6. The molecule has 4 nitrogen and oxygen atoms in total. The maximum absolute atomic E-state index is 14.5. The molecule has 1 aliphatic rings. The fourth-order valence-electron chi connectivity index (χ4n) is 4.28. The van der Waals surface area contributed by atoms with E-state index in [-0.39, 0.29) is 29.2 Å². The van der Waals surface area contributed by atoms with Gasteiger partial charge in [0.2, 0.25) is 0 Å². The molecular weight excluding hydrogens is 466 g/mol. The third-order valence-electron chi connectivity index (χ3n) is 5.87. The van der Waals surface area contributed by atoms with Gasteiger partial charge in [-0.05, 0) is 60.8 Å². The van der Waals surface area contributed by atoms with Gasteiger partial charge in [-0.25, -0.2) is 13.8 Å². The number of carbonyl (C=O) groups is 1. The van der Waals surface area contributed by atoms with Crippen LogP contribution in [-0.4, -0.2) is 33.5 Å². The summed E-state index contributed by atoms with van der Waals surface area (Å²) in [5.74, 6) is -1.94. The zero-order valence-electron chi connectivity index (χ0n) is 16.1. The molecule has 1 aromatic heterocycles. The summed E-state index contributed by atoms with van der Waals surface area (Å²) in [6, 6.07) is 7.25. The van der Waals surface area contributed by atoms with Crippen molar-refractivity contribution in [2.75, 3.05) is 6.54 Å². The average Bonchev–Trinajstić information content (AvgIpc) is 2.66. The number of aliphatic carboxylic acids is 1. The van der Waals surface area contributed by atoms with Crippen molar-refractivity contribution in [1.82, 2.24) is 9.88 Å². The number of rotatable bonds is 5. The molecule has 3 atom stereocenters. The van der Waals surface area contributed by atoms with Crippen molar-refractivity contribution >= 4 is 33.5 Å². The SMILES string of the molecule is CC(c1cccc(Cl)c1F)N1CC[C@@](Cc2nc(Br)ccc2F)(C(=O)O)C[C@H]1C. The van der Waals surface area contributed by atoms with Gasteiger partial charge in [0.1, 0.15) is 16.2 Å². The maximum Gasteiger partial charge on any atom is 0.310 e. The van der Waals surface area contributed by atoms with Crippen molar-refractivity contribution in [2.45, 2.75) is 45.2 Å². The molecule has 2 aromatic rings. The fourth-order valence-corrected chi connectivity index (χ4v) is 4.81. The Hall–Kier alpha value is -1.57. The molecule has 0 radical (unpaired) electrons. The van der Waals surface area contributed by atoms with Gasteiger partial charge in [-0.15, -0.1) is 0 Å². The lowest BCUT2D eigenvalue weighted by molar-refractivity contribution is -0.154. The van der Waals surface area contributed by atoms with Gasteiger partial charge in [0.25, 0.3) is 0 Å². The van der Waals surface area contributed by atoms with Crippen LogP contribution in [0.2, 0.25) is 5.02 Å². The molecule has 1 aliphatic heterocycles. The first-order chi connectivity index (χ1) is 13.6. The molecule has 3 rings (SSSR count). The van der Waals surface area contributed by atoms with E-state index in [4.69, 9.17) is 11.6 Å². The molecule has 0 spiro atoms. The van der Waals surface area contributed by atoms with Gasteiger partial charge in [-0.2, -0.15) is 0 Å². The molecule has 1 unspecified atom stereocenters. The molecule has 1 fully saturated rings. The number of hydrogen-bond donors (Lipinski definition) is 1. The summed E-state index contributed by atoms with van der Waals surface area (Å²) in [4.78, 5) is 18.4. The van der Waals surface area contributed by atoms with Gasteiger partial charge in [-0.3, -0.25) is 9.69 Å². The minimum absolute atomic E-state index is 0.00565. The van der Waals surface area contributed by atoms with Crippen LogP contribution < -0.4 is 0 Å². The zero-order chi connectivity index (χ0) is 21.3. The minimum atomic E-state index is -1.13. The Kier molecular flexibility index (Phi) is 6.61. The summed E-state index contributed by atoms with van der Waals surface area (Å²) in [5.41, 5.74) is -0.514. The van der Waals surface area contributed by atoms with Crippen LogP contribution in [0.25, 0.3) is 0 Å². The van der Waals surface area contributed by atoms with Gasteiger partial charge in [0.15, 0.2) is 0 Å². The highest BCUT2D eigenvalue weighted by Gasteiger charge is 2.46. The number of carboxylic acids is 1. The van der Waals surface area contributed by atoms with E-state index < -0.39 is 23.0 Å². The number of hydrogen-bond acceptors (Lipinski definition) is 3. The van der Waals surface area contributed by atoms with E-state index in [0.717, 1.165) is 0 Å². The zero-order valence-corrected chi connectivity index (χ0v) is 18.5. The summed E-state index contributed by atoms with van der Waals surface area (Å²) >= 11 is 9.14. The normalized spacial score (nSPS) is 23.7. The standard InChI is InChI=1S/C21H22BrClF2N2O2/c1-12-10-21(20(28)29,11-17-16(24)6-7-18(22)26-17)8-9-27(12)13(2)14-4-3-5-15(23)19(14)25/h3-7,12-13H,8-11H2,1-2H3,(H,28,29)/t12-,13?,21-/m1/s1. The van der Waals surface area contributed by atoms with E-state index in [9.17, 15) is 18.7 Å². The quantitative estimate of drug-likeness (QED) is 0.555. The Morgan fingerprint density at radius 3 is 2.79 bits per heavy atom. The van der Waals surface area contributed by atoms with E-state index in [2.05, 4.69) is 25.8 Å². The van der Waals surface area contributed by atoms with Crippen LogP contribution in [0.3, 0.4) is 0 Å². The number of benzene rings is 1. The Bertz CT molecular complexity index is 930. The lowest BCUT2D eigenvalue weighted by atomic mass is 9.71. The van der Waals surface area contributed by atoms with Crippen LogP contribution in [0.15, 0.2) is 34.9 Å². The monoisotopic (exact) mass is 486 g/mol. The largest absolute Gasteiger partial charge is 0.481 e. The predicted octanol–water partition coefficient (Wildman–Crippen LogP) is 5.63. The number of piperidine rings is 1. The summed E-state index contributed by atoms with van der Waals surface area (Å²) in [6.07, 6.45) is 0.626. The second kappa shape index (κ2) is 8.66. The summed E-state index contributed by atoms with van der Waals surface area (Å²) in [7, 11) is 0. The summed E-state index contributed by atoms with van der Waals surface area (Å²) in [5, 5.41) is 10.1. The lowest BCUT2D eigenvalue weighted by Gasteiger charge is -2.46. The number of pyridine rings is 1. The molecule has 0 amide bonds. The molecule has 1 N–H and O–H groups in total.